The van der Waals surface area contributed by atoms with Gasteiger partial charge in [-0.15, -0.1) is 11.3 Å². The van der Waals surface area contributed by atoms with Crippen LogP contribution in [0.4, 0.5) is 0 Å². The van der Waals surface area contributed by atoms with Crippen molar-refractivity contribution in [1.82, 2.24) is 5.32 Å². The molecule has 0 bridgehead atoms. The molecule has 2 heterocycles. The Labute approximate surface area is 119 Å². The summed E-state index contributed by atoms with van der Waals surface area (Å²) in [6, 6.07) is 1.90. The number of amides is 1. The molecule has 1 amide bonds. The number of carbonyl (C=O) groups is 2. The summed E-state index contributed by atoms with van der Waals surface area (Å²) >= 11 is 3.34. The highest BCUT2D eigenvalue weighted by molar-refractivity contribution is 7.99. The second-order valence-corrected chi connectivity index (χ2v) is 6.44. The molecule has 0 spiro atoms. The van der Waals surface area contributed by atoms with E-state index in [1.807, 2.05) is 23.2 Å². The maximum Gasteiger partial charge on any atom is 0.328 e. The van der Waals surface area contributed by atoms with E-state index in [4.69, 9.17) is 5.11 Å². The van der Waals surface area contributed by atoms with E-state index < -0.39 is 5.97 Å². The molecule has 1 atom stereocenters. The van der Waals surface area contributed by atoms with Crippen molar-refractivity contribution in [1.29, 1.82) is 0 Å². The standard InChI is InChI=1S/C13H15NO3S2/c15-12(16)2-1-9-5-11(19-7-9)6-14-13(17)10-3-4-18-8-10/h1-2,5,7,10H,3-4,6,8H2,(H,14,17)(H,15,16). The van der Waals surface area contributed by atoms with Crippen molar-refractivity contribution in [3.8, 4) is 0 Å². The van der Waals surface area contributed by atoms with Crippen LogP contribution in [0.25, 0.3) is 6.08 Å². The molecule has 2 N–H and O–H groups in total. The van der Waals surface area contributed by atoms with Crippen LogP contribution in [0.5, 0.6) is 0 Å². The van der Waals surface area contributed by atoms with Crippen LogP contribution in [-0.2, 0) is 16.1 Å². The van der Waals surface area contributed by atoms with Gasteiger partial charge in [0, 0.05) is 22.6 Å². The zero-order valence-corrected chi connectivity index (χ0v) is 11.9. The van der Waals surface area contributed by atoms with Gasteiger partial charge in [0.1, 0.15) is 0 Å². The molecule has 0 aliphatic carbocycles. The van der Waals surface area contributed by atoms with E-state index >= 15 is 0 Å². The van der Waals surface area contributed by atoms with E-state index in [0.29, 0.717) is 6.54 Å². The van der Waals surface area contributed by atoms with E-state index in [9.17, 15) is 9.59 Å². The van der Waals surface area contributed by atoms with E-state index in [2.05, 4.69) is 5.32 Å². The monoisotopic (exact) mass is 297 g/mol. The van der Waals surface area contributed by atoms with E-state index in [1.165, 1.54) is 11.3 Å². The van der Waals surface area contributed by atoms with Crippen LogP contribution >= 0.6 is 23.1 Å². The SMILES string of the molecule is O=C(O)C=Cc1csc(CNC(=O)C2CCSC2)c1. The van der Waals surface area contributed by atoms with E-state index in [1.54, 1.807) is 6.08 Å². The summed E-state index contributed by atoms with van der Waals surface area (Å²) in [4.78, 5) is 23.3. The highest BCUT2D eigenvalue weighted by atomic mass is 32.2. The average molecular weight is 297 g/mol. The Balaban J connectivity index is 1.82. The summed E-state index contributed by atoms with van der Waals surface area (Å²) in [5.74, 6) is 1.31. The van der Waals surface area contributed by atoms with Crippen molar-refractivity contribution in [2.45, 2.75) is 13.0 Å². The first-order valence-electron chi connectivity index (χ1n) is 5.99. The van der Waals surface area contributed by atoms with Gasteiger partial charge in [-0.25, -0.2) is 4.79 Å². The number of carboxylic acids is 1. The molecule has 4 nitrogen and oxygen atoms in total. The zero-order chi connectivity index (χ0) is 13.7. The molecule has 1 unspecified atom stereocenters. The summed E-state index contributed by atoms with van der Waals surface area (Å²) in [7, 11) is 0. The van der Waals surface area contributed by atoms with Gasteiger partial charge in [-0.3, -0.25) is 4.79 Å². The number of hydrogen-bond donors (Lipinski definition) is 2. The lowest BCUT2D eigenvalue weighted by molar-refractivity contribution is -0.131. The molecule has 102 valence electrons. The highest BCUT2D eigenvalue weighted by Crippen LogP contribution is 2.23. The van der Waals surface area contributed by atoms with Gasteiger partial charge in [0.25, 0.3) is 0 Å². The smallest absolute Gasteiger partial charge is 0.328 e. The van der Waals surface area contributed by atoms with Gasteiger partial charge in [-0.2, -0.15) is 11.8 Å². The van der Waals surface area contributed by atoms with E-state index in [0.717, 1.165) is 34.4 Å². The van der Waals surface area contributed by atoms with Crippen LogP contribution in [0, 0.1) is 5.92 Å². The van der Waals surface area contributed by atoms with Gasteiger partial charge in [0.2, 0.25) is 5.91 Å². The third-order valence-corrected chi connectivity index (χ3v) is 4.95. The number of rotatable bonds is 5. The molecule has 0 saturated carbocycles. The Morgan fingerprint density at radius 2 is 2.37 bits per heavy atom. The molecule has 1 aliphatic heterocycles. The Hall–Kier alpha value is -1.27. The number of aliphatic carboxylic acids is 1. The summed E-state index contributed by atoms with van der Waals surface area (Å²) < 4.78 is 0. The third kappa shape index (κ3) is 4.40. The summed E-state index contributed by atoms with van der Waals surface area (Å²) in [5.41, 5.74) is 0.855. The molecule has 1 aromatic heterocycles. The van der Waals surface area contributed by atoms with E-state index in [-0.39, 0.29) is 11.8 Å². The van der Waals surface area contributed by atoms with Crippen LogP contribution in [0.15, 0.2) is 17.5 Å². The van der Waals surface area contributed by atoms with Crippen molar-refractivity contribution < 1.29 is 14.7 Å². The molecule has 1 aliphatic rings. The van der Waals surface area contributed by atoms with Crippen LogP contribution in [0.1, 0.15) is 16.9 Å². The first-order valence-corrected chi connectivity index (χ1v) is 8.02. The second kappa shape index (κ2) is 6.77. The molecule has 0 aromatic carbocycles. The number of carboxylic acid groups (broad SMARTS) is 1. The fourth-order valence-corrected chi connectivity index (χ4v) is 3.82. The summed E-state index contributed by atoms with van der Waals surface area (Å²) in [5, 5.41) is 13.4. The molecular weight excluding hydrogens is 282 g/mol. The number of nitrogens with one attached hydrogen (secondary N) is 1. The maximum atomic E-state index is 11.8. The molecule has 6 heteroatoms. The topological polar surface area (TPSA) is 66.4 Å². The van der Waals surface area contributed by atoms with Gasteiger partial charge >= 0.3 is 5.97 Å². The van der Waals surface area contributed by atoms with Crippen LogP contribution in [0.3, 0.4) is 0 Å². The van der Waals surface area contributed by atoms with Gasteiger partial charge in [0.05, 0.1) is 6.54 Å². The summed E-state index contributed by atoms with van der Waals surface area (Å²) in [6.07, 6.45) is 3.63. The Kier molecular flexibility index (Phi) is 5.04. The third-order valence-electron chi connectivity index (χ3n) is 2.83. The fraction of sp³-hybridized carbons (Fsp3) is 0.385. The molecule has 19 heavy (non-hydrogen) atoms. The van der Waals surface area contributed by atoms with Crippen LogP contribution < -0.4 is 5.32 Å². The fourth-order valence-electron chi connectivity index (χ4n) is 1.81. The second-order valence-electron chi connectivity index (χ2n) is 4.30. The lowest BCUT2D eigenvalue weighted by Gasteiger charge is -2.08. The molecular formula is C13H15NO3S2. The first kappa shape index (κ1) is 14.1. The normalized spacial score (nSPS) is 18.8. The molecule has 1 saturated heterocycles. The average Bonchev–Trinajstić information content (AvgIpc) is 3.04. The van der Waals surface area contributed by atoms with Crippen LogP contribution in [0.2, 0.25) is 0 Å². The predicted molar refractivity (Wildman–Crippen MR) is 78.3 cm³/mol. The number of thioether (sulfide) groups is 1. The minimum absolute atomic E-state index is 0.126. The van der Waals surface area contributed by atoms with Gasteiger partial charge in [-0.1, -0.05) is 0 Å². The lowest BCUT2D eigenvalue weighted by atomic mass is 10.1. The lowest BCUT2D eigenvalue weighted by Crippen LogP contribution is -2.29. The predicted octanol–water partition coefficient (Wildman–Crippen LogP) is 2.22. The Morgan fingerprint density at radius 3 is 3.05 bits per heavy atom. The molecule has 0 radical (unpaired) electrons. The first-order chi connectivity index (χ1) is 9.15. The molecule has 2 rings (SSSR count). The highest BCUT2D eigenvalue weighted by Gasteiger charge is 2.22. The number of carbonyl (C=O) groups excluding carboxylic acids is 1. The Morgan fingerprint density at radius 1 is 1.53 bits per heavy atom. The van der Waals surface area contributed by atoms with Crippen molar-refractivity contribution >= 4 is 41.1 Å². The minimum Gasteiger partial charge on any atom is -0.478 e. The summed E-state index contributed by atoms with van der Waals surface area (Å²) in [6.45, 7) is 0.519. The van der Waals surface area contributed by atoms with Gasteiger partial charge in [0.15, 0.2) is 0 Å². The number of hydrogen-bond acceptors (Lipinski definition) is 4. The van der Waals surface area contributed by atoms with Crippen molar-refractivity contribution in [3.63, 3.8) is 0 Å². The van der Waals surface area contributed by atoms with Crippen molar-refractivity contribution in [3.05, 3.63) is 28.0 Å². The molecule has 1 fully saturated rings. The minimum atomic E-state index is -0.959. The van der Waals surface area contributed by atoms with Crippen molar-refractivity contribution in [2.24, 2.45) is 5.92 Å². The zero-order valence-electron chi connectivity index (χ0n) is 10.3. The Bertz CT molecular complexity index is 490. The van der Waals surface area contributed by atoms with Crippen molar-refractivity contribution in [2.75, 3.05) is 11.5 Å². The van der Waals surface area contributed by atoms with Gasteiger partial charge in [-0.05, 0) is 35.3 Å². The van der Waals surface area contributed by atoms with Gasteiger partial charge < -0.3 is 10.4 Å². The number of thiophene rings is 1. The molecule has 1 aromatic rings. The largest absolute Gasteiger partial charge is 0.478 e. The quantitative estimate of drug-likeness (QED) is 0.818. The van der Waals surface area contributed by atoms with Crippen LogP contribution in [-0.4, -0.2) is 28.5 Å². The maximum absolute atomic E-state index is 11.8.